The summed E-state index contributed by atoms with van der Waals surface area (Å²) in [5, 5.41) is 0. The van der Waals surface area contributed by atoms with Crippen molar-refractivity contribution < 1.29 is 9.53 Å². The number of carbonyl (C=O) groups is 1. The van der Waals surface area contributed by atoms with Gasteiger partial charge in [-0.3, -0.25) is 4.79 Å². The van der Waals surface area contributed by atoms with Gasteiger partial charge in [-0.1, -0.05) is 0 Å². The largest absolute Gasteiger partial charge is 0.372 e. The van der Waals surface area contributed by atoms with Crippen LogP contribution in [0.1, 0.15) is 19.3 Å². The zero-order valence-corrected chi connectivity index (χ0v) is 17.0. The summed E-state index contributed by atoms with van der Waals surface area (Å²) in [6, 6.07) is 0. The Bertz CT molecular complexity index is 643. The monoisotopic (exact) mass is 376 g/mol. The van der Waals surface area contributed by atoms with E-state index in [0.717, 1.165) is 50.7 Å². The van der Waals surface area contributed by atoms with Crippen molar-refractivity contribution in [2.75, 3.05) is 77.3 Å². The lowest BCUT2D eigenvalue weighted by Gasteiger charge is -2.41. The summed E-state index contributed by atoms with van der Waals surface area (Å²) in [7, 11) is 8.03. The molecule has 3 heterocycles. The summed E-state index contributed by atoms with van der Waals surface area (Å²) in [4.78, 5) is 30.1. The van der Waals surface area contributed by atoms with E-state index in [2.05, 4.69) is 19.8 Å². The van der Waals surface area contributed by atoms with Crippen molar-refractivity contribution in [2.45, 2.75) is 24.9 Å². The first-order chi connectivity index (χ1) is 12.9. The predicted molar refractivity (Wildman–Crippen MR) is 106 cm³/mol. The van der Waals surface area contributed by atoms with Crippen LogP contribution in [0.25, 0.3) is 0 Å². The fourth-order valence-electron chi connectivity index (χ4n) is 3.80. The minimum Gasteiger partial charge on any atom is -0.372 e. The fourth-order valence-corrected chi connectivity index (χ4v) is 3.80. The Hall–Kier alpha value is -1.93. The molecule has 2 aliphatic heterocycles. The molecule has 0 aliphatic carbocycles. The van der Waals surface area contributed by atoms with Gasteiger partial charge in [-0.2, -0.15) is 0 Å². The van der Waals surface area contributed by atoms with Gasteiger partial charge in [-0.25, -0.2) is 9.97 Å². The molecule has 1 aromatic heterocycles. The number of amides is 1. The first-order valence-corrected chi connectivity index (χ1v) is 9.70. The van der Waals surface area contributed by atoms with Gasteiger partial charge < -0.3 is 24.3 Å². The van der Waals surface area contributed by atoms with Crippen LogP contribution >= 0.6 is 0 Å². The van der Waals surface area contributed by atoms with E-state index in [4.69, 9.17) is 4.74 Å². The molecule has 0 saturated carbocycles. The molecule has 0 radical (unpaired) electrons. The molecular formula is C19H32N6O2. The van der Waals surface area contributed by atoms with Crippen LogP contribution in [0.2, 0.25) is 0 Å². The lowest BCUT2D eigenvalue weighted by molar-refractivity contribution is -0.134. The van der Waals surface area contributed by atoms with Crippen LogP contribution in [0.5, 0.6) is 0 Å². The molecular weight excluding hydrogens is 344 g/mol. The van der Waals surface area contributed by atoms with Gasteiger partial charge >= 0.3 is 0 Å². The maximum absolute atomic E-state index is 12.8. The van der Waals surface area contributed by atoms with Gasteiger partial charge in [-0.15, -0.1) is 0 Å². The second kappa shape index (κ2) is 8.39. The molecule has 1 amide bonds. The number of carbonyl (C=O) groups excluding carboxylic acids is 1. The minimum atomic E-state index is -0.332. The first kappa shape index (κ1) is 19.8. The Morgan fingerprint density at radius 3 is 2.48 bits per heavy atom. The van der Waals surface area contributed by atoms with Gasteiger partial charge in [0, 0.05) is 59.2 Å². The molecule has 8 nitrogen and oxygen atoms in total. The second-order valence-electron chi connectivity index (χ2n) is 7.98. The normalized spacial score (nSPS) is 20.3. The Morgan fingerprint density at radius 1 is 1.11 bits per heavy atom. The zero-order valence-electron chi connectivity index (χ0n) is 17.0. The van der Waals surface area contributed by atoms with Gasteiger partial charge in [-0.05, 0) is 26.9 Å². The standard InChI is InChI=1S/C19H32N6O2/c1-22(2)11-12-24-13-14-27-19(15-16(24)26)5-9-25(10-6-19)18-17(23(3)4)20-7-8-21-18/h7-8H,5-6,9-15H2,1-4H3. The summed E-state index contributed by atoms with van der Waals surface area (Å²) < 4.78 is 6.25. The average Bonchev–Trinajstić information content (AvgIpc) is 2.79. The summed E-state index contributed by atoms with van der Waals surface area (Å²) in [5.41, 5.74) is -0.332. The number of aromatic nitrogens is 2. The summed E-state index contributed by atoms with van der Waals surface area (Å²) in [6.45, 7) is 4.60. The Labute approximate surface area is 162 Å². The van der Waals surface area contributed by atoms with Crippen molar-refractivity contribution in [2.24, 2.45) is 0 Å². The van der Waals surface area contributed by atoms with Crippen molar-refractivity contribution in [1.82, 2.24) is 19.8 Å². The fraction of sp³-hybridized carbons (Fsp3) is 0.737. The van der Waals surface area contributed by atoms with Gasteiger partial charge in [0.25, 0.3) is 0 Å². The smallest absolute Gasteiger partial charge is 0.225 e. The van der Waals surface area contributed by atoms with Crippen molar-refractivity contribution in [3.8, 4) is 0 Å². The predicted octanol–water partition coefficient (Wildman–Crippen LogP) is 0.692. The molecule has 0 unspecified atom stereocenters. The number of nitrogens with zero attached hydrogens (tertiary/aromatic N) is 6. The third-order valence-corrected chi connectivity index (χ3v) is 5.47. The summed E-state index contributed by atoms with van der Waals surface area (Å²) in [6.07, 6.45) is 5.61. The molecule has 2 saturated heterocycles. The van der Waals surface area contributed by atoms with E-state index < -0.39 is 0 Å². The van der Waals surface area contributed by atoms with Crippen molar-refractivity contribution >= 4 is 17.5 Å². The Morgan fingerprint density at radius 2 is 1.81 bits per heavy atom. The zero-order chi connectivity index (χ0) is 19.4. The van der Waals surface area contributed by atoms with Crippen LogP contribution in [0.15, 0.2) is 12.4 Å². The highest BCUT2D eigenvalue weighted by atomic mass is 16.5. The Balaban J connectivity index is 1.64. The van der Waals surface area contributed by atoms with Crippen LogP contribution in [0.3, 0.4) is 0 Å². The van der Waals surface area contributed by atoms with Crippen molar-refractivity contribution in [3.05, 3.63) is 12.4 Å². The number of piperidine rings is 1. The second-order valence-corrected chi connectivity index (χ2v) is 7.98. The molecule has 0 N–H and O–H groups in total. The molecule has 3 rings (SSSR count). The number of anilines is 2. The highest BCUT2D eigenvalue weighted by Gasteiger charge is 2.41. The quantitative estimate of drug-likeness (QED) is 0.749. The van der Waals surface area contributed by atoms with E-state index >= 15 is 0 Å². The molecule has 27 heavy (non-hydrogen) atoms. The molecule has 8 heteroatoms. The maximum Gasteiger partial charge on any atom is 0.225 e. The molecule has 0 bridgehead atoms. The number of ether oxygens (including phenoxy) is 1. The lowest BCUT2D eigenvalue weighted by Crippen LogP contribution is -2.48. The molecule has 2 fully saturated rings. The van der Waals surface area contributed by atoms with E-state index in [1.54, 1.807) is 12.4 Å². The van der Waals surface area contributed by atoms with Gasteiger partial charge in [0.1, 0.15) is 0 Å². The Kier molecular flexibility index (Phi) is 6.16. The molecule has 150 valence electrons. The maximum atomic E-state index is 12.8. The van der Waals surface area contributed by atoms with Crippen molar-refractivity contribution in [3.63, 3.8) is 0 Å². The highest BCUT2D eigenvalue weighted by Crippen LogP contribution is 2.35. The molecule has 1 spiro atoms. The third kappa shape index (κ3) is 4.68. The number of hydrogen-bond acceptors (Lipinski definition) is 7. The van der Waals surface area contributed by atoms with E-state index in [-0.39, 0.29) is 11.5 Å². The topological polar surface area (TPSA) is 65.0 Å². The van der Waals surface area contributed by atoms with E-state index in [1.807, 2.05) is 38.0 Å². The van der Waals surface area contributed by atoms with Gasteiger partial charge in [0.05, 0.1) is 18.6 Å². The molecule has 2 aliphatic rings. The van der Waals surface area contributed by atoms with E-state index in [1.165, 1.54) is 0 Å². The van der Waals surface area contributed by atoms with Crippen LogP contribution in [-0.4, -0.2) is 98.8 Å². The van der Waals surface area contributed by atoms with Crippen LogP contribution in [-0.2, 0) is 9.53 Å². The SMILES string of the molecule is CN(C)CCN1CCOC2(CCN(c3nccnc3N(C)C)CC2)CC1=O. The summed E-state index contributed by atoms with van der Waals surface area (Å²) >= 11 is 0. The molecule has 1 aromatic rings. The van der Waals surface area contributed by atoms with Crippen LogP contribution < -0.4 is 9.80 Å². The van der Waals surface area contributed by atoms with Crippen LogP contribution in [0, 0.1) is 0 Å². The van der Waals surface area contributed by atoms with Crippen LogP contribution in [0.4, 0.5) is 11.6 Å². The number of likely N-dealkylation sites (N-methyl/N-ethyl adjacent to an activating group) is 1. The lowest BCUT2D eigenvalue weighted by atomic mass is 9.87. The van der Waals surface area contributed by atoms with Gasteiger partial charge in [0.2, 0.25) is 5.91 Å². The first-order valence-electron chi connectivity index (χ1n) is 9.70. The third-order valence-electron chi connectivity index (χ3n) is 5.47. The minimum absolute atomic E-state index is 0.219. The van der Waals surface area contributed by atoms with E-state index in [9.17, 15) is 4.79 Å². The van der Waals surface area contributed by atoms with Gasteiger partial charge in [0.15, 0.2) is 11.6 Å². The van der Waals surface area contributed by atoms with Crippen molar-refractivity contribution in [1.29, 1.82) is 0 Å². The number of hydrogen-bond donors (Lipinski definition) is 0. The average molecular weight is 377 g/mol. The highest BCUT2D eigenvalue weighted by molar-refractivity contribution is 5.77. The number of rotatable bonds is 5. The summed E-state index contributed by atoms with van der Waals surface area (Å²) in [5.74, 6) is 2.00. The molecule has 0 atom stereocenters. The van der Waals surface area contributed by atoms with E-state index in [0.29, 0.717) is 19.6 Å². The molecule has 0 aromatic carbocycles.